The molecule has 0 unspecified atom stereocenters. The molecular formula is C16H19NO2. The normalized spacial score (nSPS) is 13.4. The Morgan fingerprint density at radius 1 is 1.47 bits per heavy atom. The Kier molecular flexibility index (Phi) is 5.32. The van der Waals surface area contributed by atoms with Gasteiger partial charge in [0.05, 0.1) is 12.7 Å². The number of benzene rings is 1. The molecule has 0 fully saturated rings. The van der Waals surface area contributed by atoms with Gasteiger partial charge in [-0.05, 0) is 17.9 Å². The zero-order chi connectivity index (χ0) is 14.3. The van der Waals surface area contributed by atoms with Crippen molar-refractivity contribution < 1.29 is 9.53 Å². The predicted octanol–water partition coefficient (Wildman–Crippen LogP) is 3.22. The van der Waals surface area contributed by atoms with E-state index in [0.717, 1.165) is 0 Å². The van der Waals surface area contributed by atoms with Crippen molar-refractivity contribution in [3.8, 4) is 6.07 Å². The van der Waals surface area contributed by atoms with Crippen molar-refractivity contribution in [2.45, 2.75) is 25.7 Å². The van der Waals surface area contributed by atoms with Gasteiger partial charge in [0.2, 0.25) is 0 Å². The highest BCUT2D eigenvalue weighted by atomic mass is 16.5. The first kappa shape index (κ1) is 15.0. The number of rotatable bonds is 6. The van der Waals surface area contributed by atoms with Crippen LogP contribution in [0.3, 0.4) is 0 Å². The van der Waals surface area contributed by atoms with Crippen LogP contribution in [0.2, 0.25) is 0 Å². The molecule has 100 valence electrons. The van der Waals surface area contributed by atoms with Crippen LogP contribution in [0.1, 0.15) is 25.8 Å². The zero-order valence-electron chi connectivity index (χ0n) is 11.4. The van der Waals surface area contributed by atoms with E-state index in [1.807, 2.05) is 19.9 Å². The van der Waals surface area contributed by atoms with E-state index in [1.54, 1.807) is 30.3 Å². The topological polar surface area (TPSA) is 50.1 Å². The van der Waals surface area contributed by atoms with Crippen LogP contribution in [0.4, 0.5) is 0 Å². The molecule has 1 aromatic carbocycles. The molecule has 1 rings (SSSR count). The molecule has 3 heteroatoms. The molecule has 1 aromatic rings. The molecular weight excluding hydrogens is 238 g/mol. The molecule has 3 nitrogen and oxygen atoms in total. The van der Waals surface area contributed by atoms with Gasteiger partial charge in [0, 0.05) is 0 Å². The lowest BCUT2D eigenvalue weighted by Crippen LogP contribution is -2.36. The monoisotopic (exact) mass is 257 g/mol. The molecule has 1 atom stereocenters. The summed E-state index contributed by atoms with van der Waals surface area (Å²) < 4.78 is 5.26. The lowest BCUT2D eigenvalue weighted by molar-refractivity contribution is -0.149. The predicted molar refractivity (Wildman–Crippen MR) is 74.3 cm³/mol. The summed E-state index contributed by atoms with van der Waals surface area (Å²) >= 11 is 0. The van der Waals surface area contributed by atoms with Crippen LogP contribution in [-0.4, -0.2) is 12.6 Å². The maximum absolute atomic E-state index is 12.3. The van der Waals surface area contributed by atoms with Crippen molar-refractivity contribution in [2.75, 3.05) is 6.61 Å². The first-order chi connectivity index (χ1) is 9.06. The van der Waals surface area contributed by atoms with E-state index in [9.17, 15) is 10.1 Å². The minimum atomic E-state index is -1.29. The van der Waals surface area contributed by atoms with Crippen molar-refractivity contribution in [3.05, 3.63) is 48.6 Å². The molecule has 0 heterocycles. The maximum Gasteiger partial charge on any atom is 0.331 e. The fourth-order valence-electron chi connectivity index (χ4n) is 1.78. The van der Waals surface area contributed by atoms with Gasteiger partial charge in [0.25, 0.3) is 0 Å². The van der Waals surface area contributed by atoms with Gasteiger partial charge in [0.1, 0.15) is 0 Å². The lowest BCUT2D eigenvalue weighted by atomic mass is 9.79. The standard InChI is InChI=1S/C16H19NO2/c1-4-10-16(12-17,14-8-6-5-7-9-14)15(18)19-11-13(2)3/h4-9,13H,1,10-11H2,2-3H3/t16-/m0/s1. The molecule has 0 saturated carbocycles. The average molecular weight is 257 g/mol. The average Bonchev–Trinajstić information content (AvgIpc) is 2.43. The highest BCUT2D eigenvalue weighted by Crippen LogP contribution is 2.29. The summed E-state index contributed by atoms with van der Waals surface area (Å²) in [4.78, 5) is 12.3. The first-order valence-electron chi connectivity index (χ1n) is 6.31. The number of nitrogens with zero attached hydrogens (tertiary/aromatic N) is 1. The Balaban J connectivity index is 3.10. The van der Waals surface area contributed by atoms with E-state index in [4.69, 9.17) is 4.74 Å². The number of ether oxygens (including phenoxy) is 1. The smallest absolute Gasteiger partial charge is 0.331 e. The largest absolute Gasteiger partial charge is 0.464 e. The molecule has 0 aliphatic carbocycles. The summed E-state index contributed by atoms with van der Waals surface area (Å²) in [5.41, 5.74) is -0.649. The molecule has 0 aromatic heterocycles. The summed E-state index contributed by atoms with van der Waals surface area (Å²) in [6, 6.07) is 11.1. The van der Waals surface area contributed by atoms with Crippen LogP contribution >= 0.6 is 0 Å². The molecule has 0 bridgehead atoms. The third-order valence-corrected chi connectivity index (χ3v) is 2.80. The van der Waals surface area contributed by atoms with E-state index >= 15 is 0 Å². The minimum Gasteiger partial charge on any atom is -0.464 e. The number of hydrogen-bond acceptors (Lipinski definition) is 3. The number of carbonyl (C=O) groups is 1. The highest BCUT2D eigenvalue weighted by molar-refractivity contribution is 5.87. The third-order valence-electron chi connectivity index (χ3n) is 2.80. The summed E-state index contributed by atoms with van der Waals surface area (Å²) in [6.07, 6.45) is 1.82. The second-order valence-electron chi connectivity index (χ2n) is 4.87. The van der Waals surface area contributed by atoms with Crippen LogP contribution < -0.4 is 0 Å². The van der Waals surface area contributed by atoms with Crippen molar-refractivity contribution in [1.82, 2.24) is 0 Å². The lowest BCUT2D eigenvalue weighted by Gasteiger charge is -2.24. The first-order valence-corrected chi connectivity index (χ1v) is 6.31. The molecule has 0 saturated heterocycles. The van der Waals surface area contributed by atoms with Crippen LogP contribution in [0, 0.1) is 17.2 Å². The Morgan fingerprint density at radius 3 is 2.58 bits per heavy atom. The summed E-state index contributed by atoms with van der Waals surface area (Å²) in [5, 5.41) is 9.50. The van der Waals surface area contributed by atoms with Gasteiger partial charge in [-0.25, -0.2) is 4.79 Å². The Labute approximate surface area is 114 Å². The zero-order valence-corrected chi connectivity index (χ0v) is 11.4. The van der Waals surface area contributed by atoms with Crippen molar-refractivity contribution >= 4 is 5.97 Å². The van der Waals surface area contributed by atoms with E-state index < -0.39 is 11.4 Å². The maximum atomic E-state index is 12.3. The summed E-state index contributed by atoms with van der Waals surface area (Å²) in [6.45, 7) is 7.86. The number of nitriles is 1. The van der Waals surface area contributed by atoms with Crippen LogP contribution in [0.15, 0.2) is 43.0 Å². The van der Waals surface area contributed by atoms with Crippen LogP contribution in [-0.2, 0) is 14.9 Å². The van der Waals surface area contributed by atoms with E-state index in [-0.39, 0.29) is 12.3 Å². The van der Waals surface area contributed by atoms with E-state index in [0.29, 0.717) is 12.2 Å². The number of esters is 1. The fraction of sp³-hybridized carbons (Fsp3) is 0.375. The number of allylic oxidation sites excluding steroid dienone is 1. The van der Waals surface area contributed by atoms with E-state index in [2.05, 4.69) is 12.6 Å². The van der Waals surface area contributed by atoms with Crippen molar-refractivity contribution in [2.24, 2.45) is 5.92 Å². The van der Waals surface area contributed by atoms with Crippen molar-refractivity contribution in [3.63, 3.8) is 0 Å². The molecule has 0 amide bonds. The Bertz CT molecular complexity index is 473. The third kappa shape index (κ3) is 3.45. The molecule has 0 spiro atoms. The Hall–Kier alpha value is -2.08. The van der Waals surface area contributed by atoms with Gasteiger partial charge in [0.15, 0.2) is 5.41 Å². The second kappa shape index (κ2) is 6.75. The molecule has 0 aliphatic rings. The SMILES string of the molecule is C=CC[C@@](C#N)(C(=O)OCC(C)C)c1ccccc1. The molecule has 0 aliphatic heterocycles. The molecule has 0 radical (unpaired) electrons. The van der Waals surface area contributed by atoms with Gasteiger partial charge >= 0.3 is 5.97 Å². The summed E-state index contributed by atoms with van der Waals surface area (Å²) in [7, 11) is 0. The highest BCUT2D eigenvalue weighted by Gasteiger charge is 2.41. The van der Waals surface area contributed by atoms with Crippen LogP contribution in [0.25, 0.3) is 0 Å². The second-order valence-corrected chi connectivity index (χ2v) is 4.87. The Morgan fingerprint density at radius 2 is 2.11 bits per heavy atom. The van der Waals surface area contributed by atoms with Gasteiger partial charge < -0.3 is 4.74 Å². The molecule has 0 N–H and O–H groups in total. The van der Waals surface area contributed by atoms with Crippen molar-refractivity contribution in [1.29, 1.82) is 5.26 Å². The quantitative estimate of drug-likeness (QED) is 0.580. The van der Waals surface area contributed by atoms with E-state index in [1.165, 1.54) is 0 Å². The van der Waals surface area contributed by atoms with Crippen LogP contribution in [0.5, 0.6) is 0 Å². The van der Waals surface area contributed by atoms with Gasteiger partial charge in [-0.3, -0.25) is 0 Å². The number of hydrogen-bond donors (Lipinski definition) is 0. The molecule has 19 heavy (non-hydrogen) atoms. The van der Waals surface area contributed by atoms with Gasteiger partial charge in [-0.2, -0.15) is 5.26 Å². The van der Waals surface area contributed by atoms with Gasteiger partial charge in [-0.1, -0.05) is 50.3 Å². The number of carbonyl (C=O) groups excluding carboxylic acids is 1. The van der Waals surface area contributed by atoms with Gasteiger partial charge in [-0.15, -0.1) is 6.58 Å². The minimum absolute atomic E-state index is 0.236. The summed E-state index contributed by atoms with van der Waals surface area (Å²) in [5.74, 6) is -0.269. The fourth-order valence-corrected chi connectivity index (χ4v) is 1.78.